The quantitative estimate of drug-likeness (QED) is 0.697. The Hall–Kier alpha value is -2.80. The first-order valence-corrected chi connectivity index (χ1v) is 10.6. The number of carbonyl (C=O) groups is 1. The number of fused-ring (bicyclic) bond motifs is 1. The molecule has 2 aromatic carbocycles. The second-order valence-electron chi connectivity index (χ2n) is 8.26. The number of halogens is 1. The molecule has 1 heterocycles. The summed E-state index contributed by atoms with van der Waals surface area (Å²) in [5.74, 6) is 1.09. The molecule has 0 fully saturated rings. The average molecular weight is 430 g/mol. The summed E-state index contributed by atoms with van der Waals surface area (Å²) in [6, 6.07) is 10.2. The molecule has 0 radical (unpaired) electrons. The Balaban J connectivity index is 1.96. The third-order valence-corrected chi connectivity index (χ3v) is 5.55. The van der Waals surface area contributed by atoms with Crippen LogP contribution in [0.4, 0.5) is 9.18 Å². The molecule has 0 aliphatic carbocycles. The fraction of sp³-hybridized carbons (Fsp3) is 0.458. The largest absolute Gasteiger partial charge is 0.493 e. The van der Waals surface area contributed by atoms with Crippen LogP contribution in [0.1, 0.15) is 43.5 Å². The Morgan fingerprint density at radius 1 is 1.13 bits per heavy atom. The van der Waals surface area contributed by atoms with Gasteiger partial charge in [-0.1, -0.05) is 12.1 Å². The van der Waals surface area contributed by atoms with Gasteiger partial charge in [-0.25, -0.2) is 9.18 Å². The van der Waals surface area contributed by atoms with E-state index in [1.807, 2.05) is 39.0 Å². The minimum Gasteiger partial charge on any atom is -0.493 e. The number of carbonyl (C=O) groups excluding carboxylic acids is 1. The number of urea groups is 1. The standard InChI is InChI=1S/C24H32FN3O3/c1-15(2)26-24(29)27-16(3)23-20-13-22(31-5)21(30-4)12-18(20)9-10-28(23)14-17-7-6-8-19(25)11-17/h6-8,11-13,15-16,23H,9-10,14H2,1-5H3,(H2,26,27,29)/t16-,23-/m1/s1. The summed E-state index contributed by atoms with van der Waals surface area (Å²) in [5, 5.41) is 5.96. The topological polar surface area (TPSA) is 62.8 Å². The van der Waals surface area contributed by atoms with Crippen LogP contribution in [-0.4, -0.2) is 43.8 Å². The number of rotatable bonds is 7. The van der Waals surface area contributed by atoms with Crippen LogP contribution in [-0.2, 0) is 13.0 Å². The lowest BCUT2D eigenvalue weighted by Crippen LogP contribution is -2.50. The van der Waals surface area contributed by atoms with Crippen LogP contribution in [0.15, 0.2) is 36.4 Å². The SMILES string of the molecule is COc1cc2c(cc1OC)[C@@H]([C@@H](C)NC(=O)NC(C)C)N(Cc1cccc(F)c1)CC2. The lowest BCUT2D eigenvalue weighted by molar-refractivity contribution is 0.143. The van der Waals surface area contributed by atoms with Crippen LogP contribution in [0, 0.1) is 5.82 Å². The van der Waals surface area contributed by atoms with E-state index in [0.29, 0.717) is 18.0 Å². The van der Waals surface area contributed by atoms with Crippen molar-refractivity contribution in [3.8, 4) is 11.5 Å². The average Bonchev–Trinajstić information content (AvgIpc) is 2.71. The number of methoxy groups -OCH3 is 2. The zero-order chi connectivity index (χ0) is 22.5. The van der Waals surface area contributed by atoms with Crippen molar-refractivity contribution in [3.05, 3.63) is 58.9 Å². The van der Waals surface area contributed by atoms with Crippen molar-refractivity contribution >= 4 is 6.03 Å². The molecule has 2 N–H and O–H groups in total. The highest BCUT2D eigenvalue weighted by Gasteiger charge is 2.34. The maximum absolute atomic E-state index is 13.8. The molecule has 2 amide bonds. The number of nitrogens with one attached hydrogen (secondary N) is 2. The monoisotopic (exact) mass is 429 g/mol. The number of nitrogens with zero attached hydrogens (tertiary/aromatic N) is 1. The van der Waals surface area contributed by atoms with Crippen molar-refractivity contribution in [2.45, 2.75) is 51.9 Å². The van der Waals surface area contributed by atoms with Gasteiger partial charge in [0.15, 0.2) is 11.5 Å². The number of amides is 2. The maximum Gasteiger partial charge on any atom is 0.315 e. The third-order valence-electron chi connectivity index (χ3n) is 5.55. The van der Waals surface area contributed by atoms with E-state index in [-0.39, 0.29) is 30.0 Å². The highest BCUT2D eigenvalue weighted by molar-refractivity contribution is 5.74. The van der Waals surface area contributed by atoms with E-state index in [2.05, 4.69) is 15.5 Å². The molecule has 7 heteroatoms. The molecule has 0 saturated carbocycles. The minimum absolute atomic E-state index is 0.0404. The molecule has 3 rings (SSSR count). The van der Waals surface area contributed by atoms with Gasteiger partial charge in [0.05, 0.1) is 20.3 Å². The summed E-state index contributed by atoms with van der Waals surface area (Å²) in [7, 11) is 3.24. The summed E-state index contributed by atoms with van der Waals surface area (Å²) in [4.78, 5) is 14.7. The first kappa shape index (κ1) is 22.9. The molecule has 6 nitrogen and oxygen atoms in total. The number of hydrogen-bond acceptors (Lipinski definition) is 4. The molecular weight excluding hydrogens is 397 g/mol. The lowest BCUT2D eigenvalue weighted by Gasteiger charge is -2.41. The Morgan fingerprint density at radius 3 is 2.48 bits per heavy atom. The molecular formula is C24H32FN3O3. The molecule has 0 bridgehead atoms. The van der Waals surface area contributed by atoms with Crippen molar-refractivity contribution < 1.29 is 18.7 Å². The fourth-order valence-corrected chi connectivity index (χ4v) is 4.25. The van der Waals surface area contributed by atoms with Gasteiger partial charge in [0.1, 0.15) is 5.82 Å². The van der Waals surface area contributed by atoms with Gasteiger partial charge in [0.2, 0.25) is 0 Å². The summed E-state index contributed by atoms with van der Waals surface area (Å²) >= 11 is 0. The second kappa shape index (κ2) is 10.0. The van der Waals surface area contributed by atoms with Gasteiger partial charge in [-0.15, -0.1) is 0 Å². The van der Waals surface area contributed by atoms with Gasteiger partial charge in [0.25, 0.3) is 0 Å². The highest BCUT2D eigenvalue weighted by Crippen LogP contribution is 2.40. The van der Waals surface area contributed by atoms with Crippen LogP contribution in [0.25, 0.3) is 0 Å². The molecule has 31 heavy (non-hydrogen) atoms. The summed E-state index contributed by atoms with van der Waals surface area (Å²) in [6.07, 6.45) is 0.826. The third kappa shape index (κ3) is 5.47. The van der Waals surface area contributed by atoms with E-state index in [4.69, 9.17) is 9.47 Å². The number of hydrogen-bond donors (Lipinski definition) is 2. The van der Waals surface area contributed by atoms with Crippen LogP contribution < -0.4 is 20.1 Å². The fourth-order valence-electron chi connectivity index (χ4n) is 4.25. The molecule has 0 spiro atoms. The first-order chi connectivity index (χ1) is 14.8. The van der Waals surface area contributed by atoms with Crippen molar-refractivity contribution in [1.82, 2.24) is 15.5 Å². The van der Waals surface area contributed by atoms with Gasteiger partial charge in [0, 0.05) is 25.2 Å². The molecule has 168 valence electrons. The van der Waals surface area contributed by atoms with Crippen LogP contribution in [0.3, 0.4) is 0 Å². The van der Waals surface area contributed by atoms with Gasteiger partial charge < -0.3 is 20.1 Å². The molecule has 0 aromatic heterocycles. The van der Waals surface area contributed by atoms with Gasteiger partial charge in [-0.3, -0.25) is 4.90 Å². The summed E-state index contributed by atoms with van der Waals surface area (Å²) in [6.45, 7) is 7.20. The van der Waals surface area contributed by atoms with Gasteiger partial charge in [-0.05, 0) is 68.1 Å². The number of benzene rings is 2. The van der Waals surface area contributed by atoms with Gasteiger partial charge >= 0.3 is 6.03 Å². The first-order valence-electron chi connectivity index (χ1n) is 10.6. The smallest absolute Gasteiger partial charge is 0.315 e. The normalized spacial score (nSPS) is 17.1. The van der Waals surface area contributed by atoms with E-state index >= 15 is 0 Å². The molecule has 1 aliphatic heterocycles. The minimum atomic E-state index is -0.250. The predicted octanol–water partition coefficient (Wildman–Crippen LogP) is 4.04. The molecule has 1 aliphatic rings. The van der Waals surface area contributed by atoms with E-state index in [1.165, 1.54) is 6.07 Å². The van der Waals surface area contributed by atoms with Crippen LogP contribution in [0.2, 0.25) is 0 Å². The zero-order valence-corrected chi connectivity index (χ0v) is 18.9. The molecule has 2 atom stereocenters. The Kier molecular flexibility index (Phi) is 7.38. The van der Waals surface area contributed by atoms with Gasteiger partial charge in [-0.2, -0.15) is 0 Å². The Morgan fingerprint density at radius 2 is 1.84 bits per heavy atom. The zero-order valence-electron chi connectivity index (χ0n) is 18.9. The number of ether oxygens (including phenoxy) is 2. The van der Waals surface area contributed by atoms with E-state index in [1.54, 1.807) is 26.4 Å². The summed E-state index contributed by atoms with van der Waals surface area (Å²) < 4.78 is 24.8. The van der Waals surface area contributed by atoms with E-state index in [9.17, 15) is 9.18 Å². The highest BCUT2D eigenvalue weighted by atomic mass is 19.1. The predicted molar refractivity (Wildman–Crippen MR) is 119 cm³/mol. The van der Waals surface area contributed by atoms with E-state index in [0.717, 1.165) is 29.7 Å². The van der Waals surface area contributed by atoms with Crippen molar-refractivity contribution in [3.63, 3.8) is 0 Å². The van der Waals surface area contributed by atoms with Crippen molar-refractivity contribution in [2.75, 3.05) is 20.8 Å². The van der Waals surface area contributed by atoms with Crippen molar-refractivity contribution in [2.24, 2.45) is 0 Å². The maximum atomic E-state index is 13.8. The molecule has 0 unspecified atom stereocenters. The second-order valence-corrected chi connectivity index (χ2v) is 8.26. The van der Waals surface area contributed by atoms with E-state index < -0.39 is 0 Å². The van der Waals surface area contributed by atoms with Crippen LogP contribution in [0.5, 0.6) is 11.5 Å². The Labute approximate surface area is 183 Å². The lowest BCUT2D eigenvalue weighted by atomic mass is 9.87. The molecule has 2 aromatic rings. The molecule has 0 saturated heterocycles. The Bertz CT molecular complexity index is 919. The van der Waals surface area contributed by atoms with Crippen LogP contribution >= 0.6 is 0 Å². The van der Waals surface area contributed by atoms with Crippen molar-refractivity contribution in [1.29, 1.82) is 0 Å². The summed E-state index contributed by atoms with van der Waals surface area (Å²) in [5.41, 5.74) is 3.14.